The highest BCUT2D eigenvalue weighted by molar-refractivity contribution is 7.71. The van der Waals surface area contributed by atoms with Crippen molar-refractivity contribution in [3.63, 3.8) is 0 Å². The molecule has 6 heteroatoms. The van der Waals surface area contributed by atoms with Crippen molar-refractivity contribution in [1.29, 1.82) is 0 Å². The van der Waals surface area contributed by atoms with E-state index >= 15 is 0 Å². The maximum Gasteiger partial charge on any atom is 0.291 e. The topological polar surface area (TPSA) is 55.6 Å². The minimum atomic E-state index is -0.210. The molecule has 1 unspecified atom stereocenters. The summed E-state index contributed by atoms with van der Waals surface area (Å²) in [4.78, 5) is 1.71. The van der Waals surface area contributed by atoms with E-state index in [2.05, 4.69) is 5.10 Å². The first-order chi connectivity index (χ1) is 10.2. The van der Waals surface area contributed by atoms with E-state index in [4.69, 9.17) is 16.6 Å². The van der Waals surface area contributed by atoms with Crippen molar-refractivity contribution in [1.82, 2.24) is 9.78 Å². The van der Waals surface area contributed by atoms with E-state index < -0.39 is 0 Å². The van der Waals surface area contributed by atoms with Crippen LogP contribution in [0.15, 0.2) is 34.7 Å². The number of likely N-dealkylation sites (tertiary alicyclic amines) is 1. The van der Waals surface area contributed by atoms with Crippen molar-refractivity contribution in [2.24, 2.45) is 0 Å². The molecule has 112 valence electrons. The standard InChI is InChI=1S/C15H19N3O2S/c19-13-7-4-8-17(10-13)11-18-15(21)20-14(16-18)9-12-5-2-1-3-6-12/h1-3,5-6,13,19H,4,7-11H2/p+1/t13-/m0/s1. The largest absolute Gasteiger partial charge is 0.413 e. The van der Waals surface area contributed by atoms with Gasteiger partial charge in [-0.15, -0.1) is 5.10 Å². The molecule has 2 aromatic rings. The van der Waals surface area contributed by atoms with E-state index in [0.29, 0.717) is 23.8 Å². The zero-order chi connectivity index (χ0) is 14.7. The van der Waals surface area contributed by atoms with E-state index in [1.54, 1.807) is 4.68 Å². The molecule has 0 saturated carbocycles. The maximum absolute atomic E-state index is 9.73. The lowest BCUT2D eigenvalue weighted by Gasteiger charge is -2.26. The average molecular weight is 306 g/mol. The number of hydrogen-bond acceptors (Lipinski definition) is 4. The van der Waals surface area contributed by atoms with Crippen LogP contribution in [-0.2, 0) is 13.1 Å². The first kappa shape index (κ1) is 14.4. The molecule has 3 rings (SSSR count). The molecule has 0 bridgehead atoms. The van der Waals surface area contributed by atoms with Gasteiger partial charge in [-0.1, -0.05) is 30.3 Å². The molecular formula is C15H20N3O2S+. The van der Waals surface area contributed by atoms with Gasteiger partial charge in [0.1, 0.15) is 12.6 Å². The van der Waals surface area contributed by atoms with E-state index in [9.17, 15) is 5.11 Å². The second-order valence-electron chi connectivity index (χ2n) is 5.58. The summed E-state index contributed by atoms with van der Waals surface area (Å²) in [5.41, 5.74) is 1.15. The Morgan fingerprint density at radius 3 is 2.95 bits per heavy atom. The summed E-state index contributed by atoms with van der Waals surface area (Å²) in [6.45, 7) is 2.45. The van der Waals surface area contributed by atoms with Crippen molar-refractivity contribution < 1.29 is 14.4 Å². The van der Waals surface area contributed by atoms with Crippen LogP contribution in [0.1, 0.15) is 24.3 Å². The molecular weight excluding hydrogens is 286 g/mol. The minimum Gasteiger partial charge on any atom is -0.413 e. The van der Waals surface area contributed by atoms with Gasteiger partial charge in [0, 0.05) is 0 Å². The zero-order valence-electron chi connectivity index (χ0n) is 11.9. The maximum atomic E-state index is 9.73. The molecule has 1 saturated heterocycles. The van der Waals surface area contributed by atoms with Crippen LogP contribution in [0.2, 0.25) is 0 Å². The van der Waals surface area contributed by atoms with E-state index in [1.807, 2.05) is 30.3 Å². The lowest BCUT2D eigenvalue weighted by atomic mass is 10.1. The highest BCUT2D eigenvalue weighted by atomic mass is 32.1. The van der Waals surface area contributed by atoms with Crippen LogP contribution in [0.3, 0.4) is 0 Å². The van der Waals surface area contributed by atoms with Crippen molar-refractivity contribution in [3.8, 4) is 0 Å². The van der Waals surface area contributed by atoms with Gasteiger partial charge in [0.2, 0.25) is 5.89 Å². The second kappa shape index (κ2) is 6.51. The highest BCUT2D eigenvalue weighted by Crippen LogP contribution is 2.08. The van der Waals surface area contributed by atoms with Crippen molar-refractivity contribution in [2.75, 3.05) is 13.1 Å². The highest BCUT2D eigenvalue weighted by Gasteiger charge is 2.22. The number of aromatic nitrogens is 2. The first-order valence-electron chi connectivity index (χ1n) is 7.33. The third-order valence-electron chi connectivity index (χ3n) is 3.81. The van der Waals surface area contributed by atoms with Crippen LogP contribution in [-0.4, -0.2) is 34.1 Å². The van der Waals surface area contributed by atoms with Gasteiger partial charge in [0.05, 0.1) is 13.0 Å². The molecule has 0 amide bonds. The molecule has 1 aliphatic heterocycles. The predicted octanol–water partition coefficient (Wildman–Crippen LogP) is 0.793. The van der Waals surface area contributed by atoms with Crippen molar-refractivity contribution >= 4 is 12.2 Å². The van der Waals surface area contributed by atoms with Crippen LogP contribution < -0.4 is 4.90 Å². The number of piperidine rings is 1. The summed E-state index contributed by atoms with van der Waals surface area (Å²) in [6, 6.07) is 10.1. The van der Waals surface area contributed by atoms with E-state index in [1.165, 1.54) is 4.90 Å². The van der Waals surface area contributed by atoms with E-state index in [0.717, 1.165) is 31.5 Å². The molecule has 1 aromatic heterocycles. The molecule has 1 aromatic carbocycles. The van der Waals surface area contributed by atoms with Crippen LogP contribution in [0.4, 0.5) is 0 Å². The number of aliphatic hydroxyl groups excluding tert-OH is 1. The number of benzene rings is 1. The second-order valence-corrected chi connectivity index (χ2v) is 5.93. The van der Waals surface area contributed by atoms with Crippen LogP contribution in [0, 0.1) is 4.84 Å². The molecule has 0 aliphatic carbocycles. The van der Waals surface area contributed by atoms with Crippen molar-refractivity contribution in [3.05, 3.63) is 46.6 Å². The molecule has 0 spiro atoms. The lowest BCUT2D eigenvalue weighted by Crippen LogP contribution is -3.13. The first-order valence-corrected chi connectivity index (χ1v) is 7.74. The summed E-state index contributed by atoms with van der Waals surface area (Å²) >= 11 is 5.24. The number of aliphatic hydroxyl groups is 1. The molecule has 5 nitrogen and oxygen atoms in total. The molecule has 1 aliphatic rings. The monoisotopic (exact) mass is 306 g/mol. The van der Waals surface area contributed by atoms with E-state index in [-0.39, 0.29) is 6.10 Å². The van der Waals surface area contributed by atoms with Gasteiger partial charge in [0.25, 0.3) is 4.84 Å². The van der Waals surface area contributed by atoms with Crippen LogP contribution in [0.25, 0.3) is 0 Å². The molecule has 0 radical (unpaired) electrons. The Kier molecular flexibility index (Phi) is 4.48. The Hall–Kier alpha value is -1.50. The number of quaternary nitrogens is 1. The SMILES string of the molecule is O[C@H]1CCC[NH+](Cn2nc(Cc3ccccc3)oc2=S)C1. The normalized spacial score (nSPS) is 22.3. The molecule has 2 N–H and O–H groups in total. The van der Waals surface area contributed by atoms with Gasteiger partial charge in [-0.3, -0.25) is 0 Å². The number of nitrogens with one attached hydrogen (secondary N) is 1. The molecule has 2 atom stereocenters. The fourth-order valence-electron chi connectivity index (χ4n) is 2.77. The fraction of sp³-hybridized carbons (Fsp3) is 0.467. The fourth-order valence-corrected chi connectivity index (χ4v) is 2.97. The Morgan fingerprint density at radius 2 is 2.19 bits per heavy atom. The molecule has 21 heavy (non-hydrogen) atoms. The third kappa shape index (κ3) is 3.78. The van der Waals surface area contributed by atoms with Gasteiger partial charge in [0.15, 0.2) is 6.67 Å². The number of rotatable bonds is 4. The Morgan fingerprint density at radius 1 is 1.38 bits per heavy atom. The smallest absolute Gasteiger partial charge is 0.291 e. The van der Waals surface area contributed by atoms with Gasteiger partial charge in [-0.05, 0) is 30.6 Å². The quantitative estimate of drug-likeness (QED) is 0.820. The Balaban J connectivity index is 1.68. The van der Waals surface area contributed by atoms with Gasteiger partial charge in [-0.2, -0.15) is 4.68 Å². The minimum absolute atomic E-state index is 0.210. The lowest BCUT2D eigenvalue weighted by molar-refractivity contribution is -0.931. The molecule has 2 heterocycles. The summed E-state index contributed by atoms with van der Waals surface area (Å²) in [5.74, 6) is 0.642. The summed E-state index contributed by atoms with van der Waals surface area (Å²) in [7, 11) is 0. The predicted molar refractivity (Wildman–Crippen MR) is 80.5 cm³/mol. The Labute approximate surface area is 128 Å². The summed E-state index contributed by atoms with van der Waals surface area (Å²) < 4.78 is 7.31. The van der Waals surface area contributed by atoms with Gasteiger partial charge >= 0.3 is 0 Å². The molecule has 1 fully saturated rings. The number of hydrogen-bond donors (Lipinski definition) is 2. The number of nitrogens with zero attached hydrogens (tertiary/aromatic N) is 2. The summed E-state index contributed by atoms with van der Waals surface area (Å²) in [5, 5.41) is 14.2. The van der Waals surface area contributed by atoms with Gasteiger partial charge in [-0.25, -0.2) is 0 Å². The van der Waals surface area contributed by atoms with Crippen molar-refractivity contribution in [2.45, 2.75) is 32.0 Å². The Bertz CT molecular complexity index is 638. The van der Waals surface area contributed by atoms with Gasteiger partial charge < -0.3 is 14.4 Å². The van der Waals surface area contributed by atoms with Crippen LogP contribution >= 0.6 is 12.2 Å². The third-order valence-corrected chi connectivity index (χ3v) is 4.11. The average Bonchev–Trinajstić information content (AvgIpc) is 2.80. The summed E-state index contributed by atoms with van der Waals surface area (Å²) in [6.07, 6.45) is 2.37. The van der Waals surface area contributed by atoms with Crippen LogP contribution in [0.5, 0.6) is 0 Å². The zero-order valence-corrected chi connectivity index (χ0v) is 12.7.